The lowest BCUT2D eigenvalue weighted by Crippen LogP contribution is -2.52. The number of rotatable bonds is 1. The average molecular weight is 245 g/mol. The van der Waals surface area contributed by atoms with Gasteiger partial charge in [0, 0.05) is 0 Å². The predicted molar refractivity (Wildman–Crippen MR) is 60.4 cm³/mol. The largest absolute Gasteiger partial charge is 0.444 e. The Kier molecular flexibility index (Phi) is 3.06. The van der Waals surface area contributed by atoms with Gasteiger partial charge in [-0.15, -0.1) is 0 Å². The zero-order chi connectivity index (χ0) is 12.8. The Morgan fingerprint density at radius 2 is 2.12 bits per heavy atom. The molecule has 1 amide bonds. The number of ether oxygens (including phenoxy) is 1. The second kappa shape index (κ2) is 4.12. The van der Waals surface area contributed by atoms with Crippen LogP contribution in [0.1, 0.15) is 33.6 Å². The van der Waals surface area contributed by atoms with Crippen LogP contribution in [-0.2, 0) is 4.74 Å². The standard InChI is InChI=1S/C12H20FNO3/c1-12(2,3)17-11(16)14-9-5-7(4-8(9)13)10(14)6-15/h7-10,15H,4-6H2,1-3H3/t7-,8-,9?,10+/m0/s1. The number of aliphatic hydroxyl groups is 1. The van der Waals surface area contributed by atoms with Gasteiger partial charge in [-0.2, -0.15) is 0 Å². The third-order valence-electron chi connectivity index (χ3n) is 3.54. The molecule has 1 unspecified atom stereocenters. The number of carbonyl (C=O) groups is 1. The minimum atomic E-state index is -0.977. The molecule has 17 heavy (non-hydrogen) atoms. The van der Waals surface area contributed by atoms with Crippen molar-refractivity contribution in [3.05, 3.63) is 0 Å². The summed E-state index contributed by atoms with van der Waals surface area (Å²) in [7, 11) is 0. The molecule has 1 saturated carbocycles. The number of carbonyl (C=O) groups excluding carboxylic acids is 1. The smallest absolute Gasteiger partial charge is 0.410 e. The first kappa shape index (κ1) is 12.6. The fourth-order valence-electron chi connectivity index (χ4n) is 2.90. The summed E-state index contributed by atoms with van der Waals surface area (Å²) in [5, 5.41) is 9.32. The van der Waals surface area contributed by atoms with Crippen molar-refractivity contribution in [2.45, 2.75) is 57.5 Å². The predicted octanol–water partition coefficient (Wildman–Crippen LogP) is 1.71. The number of hydrogen-bond donors (Lipinski definition) is 1. The third-order valence-corrected chi connectivity index (χ3v) is 3.54. The fourth-order valence-corrected chi connectivity index (χ4v) is 2.90. The molecule has 1 aliphatic heterocycles. The molecule has 1 aliphatic carbocycles. The van der Waals surface area contributed by atoms with Crippen molar-refractivity contribution in [3.63, 3.8) is 0 Å². The maximum absolute atomic E-state index is 13.6. The van der Waals surface area contributed by atoms with Gasteiger partial charge in [-0.25, -0.2) is 9.18 Å². The van der Waals surface area contributed by atoms with Crippen LogP contribution >= 0.6 is 0 Å². The summed E-state index contributed by atoms with van der Waals surface area (Å²) in [5.74, 6) is 0.0764. The van der Waals surface area contributed by atoms with Gasteiger partial charge in [-0.1, -0.05) is 0 Å². The molecule has 4 atom stereocenters. The van der Waals surface area contributed by atoms with Gasteiger partial charge in [0.05, 0.1) is 18.7 Å². The summed E-state index contributed by atoms with van der Waals surface area (Å²) < 4.78 is 18.9. The first-order valence-corrected chi connectivity index (χ1v) is 6.09. The van der Waals surface area contributed by atoms with Gasteiger partial charge in [0.1, 0.15) is 11.8 Å². The molecule has 0 spiro atoms. The van der Waals surface area contributed by atoms with E-state index in [1.165, 1.54) is 4.90 Å². The van der Waals surface area contributed by atoms with Crippen LogP contribution in [0.5, 0.6) is 0 Å². The topological polar surface area (TPSA) is 49.8 Å². The van der Waals surface area contributed by atoms with E-state index in [1.807, 2.05) is 0 Å². The fraction of sp³-hybridized carbons (Fsp3) is 0.917. The highest BCUT2D eigenvalue weighted by molar-refractivity contribution is 5.70. The highest BCUT2D eigenvalue weighted by atomic mass is 19.1. The van der Waals surface area contributed by atoms with Crippen LogP contribution in [0.4, 0.5) is 9.18 Å². The molecular weight excluding hydrogens is 225 g/mol. The molecular formula is C12H20FNO3. The lowest BCUT2D eigenvalue weighted by atomic mass is 9.99. The van der Waals surface area contributed by atoms with E-state index in [4.69, 9.17) is 4.74 Å². The minimum absolute atomic E-state index is 0.0764. The van der Waals surface area contributed by atoms with Gasteiger partial charge in [0.25, 0.3) is 0 Å². The molecule has 0 radical (unpaired) electrons. The number of piperidine rings is 1. The van der Waals surface area contributed by atoms with E-state index < -0.39 is 23.9 Å². The Balaban J connectivity index is 2.11. The molecule has 1 heterocycles. The van der Waals surface area contributed by atoms with E-state index in [-0.39, 0.29) is 18.6 Å². The summed E-state index contributed by atoms with van der Waals surface area (Å²) >= 11 is 0. The Hall–Kier alpha value is -0.840. The van der Waals surface area contributed by atoms with Gasteiger partial charge in [0.2, 0.25) is 0 Å². The monoisotopic (exact) mass is 245 g/mol. The third kappa shape index (κ3) is 2.25. The number of fused-ring (bicyclic) bond motifs is 2. The second-order valence-electron chi connectivity index (χ2n) is 5.95. The minimum Gasteiger partial charge on any atom is -0.444 e. The van der Waals surface area contributed by atoms with Gasteiger partial charge in [-0.3, -0.25) is 4.90 Å². The van der Waals surface area contributed by atoms with E-state index in [0.717, 1.165) is 0 Å². The molecule has 0 aromatic carbocycles. The van der Waals surface area contributed by atoms with Gasteiger partial charge in [-0.05, 0) is 39.5 Å². The molecule has 98 valence electrons. The molecule has 0 aromatic heterocycles. The molecule has 1 N–H and O–H groups in total. The van der Waals surface area contributed by atoms with Crippen molar-refractivity contribution in [2.75, 3.05) is 6.61 Å². The summed E-state index contributed by atoms with van der Waals surface area (Å²) in [4.78, 5) is 13.4. The van der Waals surface area contributed by atoms with Crippen LogP contribution in [0.2, 0.25) is 0 Å². The Morgan fingerprint density at radius 1 is 1.47 bits per heavy atom. The van der Waals surface area contributed by atoms with E-state index in [2.05, 4.69) is 0 Å². The van der Waals surface area contributed by atoms with Crippen molar-refractivity contribution < 1.29 is 19.0 Å². The van der Waals surface area contributed by atoms with E-state index in [9.17, 15) is 14.3 Å². The van der Waals surface area contributed by atoms with Crippen LogP contribution in [0.3, 0.4) is 0 Å². The number of nitrogens with zero attached hydrogens (tertiary/aromatic N) is 1. The van der Waals surface area contributed by atoms with Crippen molar-refractivity contribution in [1.82, 2.24) is 4.90 Å². The van der Waals surface area contributed by atoms with Gasteiger partial charge < -0.3 is 9.84 Å². The summed E-state index contributed by atoms with van der Waals surface area (Å²) in [5.41, 5.74) is -0.593. The van der Waals surface area contributed by atoms with Crippen molar-refractivity contribution >= 4 is 6.09 Å². The maximum atomic E-state index is 13.6. The molecule has 2 rings (SSSR count). The number of likely N-dealkylation sites (tertiary alicyclic amines) is 1. The van der Waals surface area contributed by atoms with Crippen molar-refractivity contribution in [1.29, 1.82) is 0 Å². The number of halogens is 1. The summed E-state index contributed by atoms with van der Waals surface area (Å²) in [6, 6.07) is -0.686. The second-order valence-corrected chi connectivity index (χ2v) is 5.95. The van der Waals surface area contributed by atoms with Crippen LogP contribution in [0, 0.1) is 5.92 Å². The molecule has 2 bridgehead atoms. The quantitative estimate of drug-likeness (QED) is 0.765. The van der Waals surface area contributed by atoms with Crippen LogP contribution < -0.4 is 0 Å². The van der Waals surface area contributed by atoms with Crippen molar-refractivity contribution in [2.24, 2.45) is 5.92 Å². The SMILES string of the molecule is CC(C)(C)OC(=O)N1C2C[C@H](C[C@@H]2F)[C@H]1CO. The number of aliphatic hydroxyl groups excluding tert-OH is 1. The van der Waals surface area contributed by atoms with Gasteiger partial charge in [0.15, 0.2) is 0 Å². The lowest BCUT2D eigenvalue weighted by Gasteiger charge is -2.36. The van der Waals surface area contributed by atoms with Crippen LogP contribution in [-0.4, -0.2) is 46.6 Å². The number of hydrogen-bond acceptors (Lipinski definition) is 3. The Labute approximate surface area is 101 Å². The Morgan fingerprint density at radius 3 is 2.65 bits per heavy atom. The first-order valence-electron chi connectivity index (χ1n) is 6.09. The van der Waals surface area contributed by atoms with E-state index in [0.29, 0.717) is 12.8 Å². The first-order chi connectivity index (χ1) is 7.83. The van der Waals surface area contributed by atoms with E-state index >= 15 is 0 Å². The Bertz CT molecular complexity index is 313. The number of amides is 1. The number of alkyl halides is 1. The summed E-state index contributed by atoms with van der Waals surface area (Å²) in [6.07, 6.45) is -0.386. The molecule has 2 fully saturated rings. The van der Waals surface area contributed by atoms with E-state index in [1.54, 1.807) is 20.8 Å². The zero-order valence-electron chi connectivity index (χ0n) is 10.5. The van der Waals surface area contributed by atoms with Crippen LogP contribution in [0.25, 0.3) is 0 Å². The maximum Gasteiger partial charge on any atom is 0.410 e. The molecule has 0 aromatic rings. The molecule has 4 nitrogen and oxygen atoms in total. The van der Waals surface area contributed by atoms with Crippen molar-refractivity contribution in [3.8, 4) is 0 Å². The highest BCUT2D eigenvalue weighted by Crippen LogP contribution is 2.44. The highest BCUT2D eigenvalue weighted by Gasteiger charge is 2.54. The van der Waals surface area contributed by atoms with Gasteiger partial charge >= 0.3 is 6.09 Å². The normalized spacial score (nSPS) is 36.4. The molecule has 5 heteroatoms. The molecule has 2 aliphatic rings. The average Bonchev–Trinajstić information content (AvgIpc) is 2.69. The molecule has 1 saturated heterocycles. The van der Waals surface area contributed by atoms with Crippen LogP contribution in [0.15, 0.2) is 0 Å². The lowest BCUT2D eigenvalue weighted by molar-refractivity contribution is -0.0133. The zero-order valence-corrected chi connectivity index (χ0v) is 10.5. The summed E-state index contributed by atoms with van der Waals surface area (Å²) in [6.45, 7) is 5.22.